The molecule has 59 valence electrons. The van der Waals surface area contributed by atoms with E-state index < -0.39 is 0 Å². The molecular formula is C6H8N3OSe. The first-order valence-electron chi connectivity index (χ1n) is 3.14. The Morgan fingerprint density at radius 2 is 2.55 bits per heavy atom. The number of carbonyl (C=O) groups is 1. The van der Waals surface area contributed by atoms with Gasteiger partial charge in [-0.25, -0.2) is 0 Å². The van der Waals surface area contributed by atoms with Gasteiger partial charge in [0.15, 0.2) is 0 Å². The molecule has 0 bridgehead atoms. The molecule has 0 aromatic heterocycles. The average Bonchev–Trinajstić information content (AvgIpc) is 1.95. The molecule has 0 aromatic carbocycles. The number of amides is 1. The second kappa shape index (κ2) is 3.66. The van der Waals surface area contributed by atoms with Gasteiger partial charge in [-0.1, -0.05) is 0 Å². The summed E-state index contributed by atoms with van der Waals surface area (Å²) in [7, 11) is 1.78. The molecule has 1 aliphatic heterocycles. The molecule has 0 fully saturated rings. The zero-order chi connectivity index (χ0) is 8.27. The molecule has 0 saturated heterocycles. The van der Waals surface area contributed by atoms with Crippen molar-refractivity contribution < 1.29 is 4.79 Å². The van der Waals surface area contributed by atoms with Crippen molar-refractivity contribution in [3.8, 4) is 0 Å². The zero-order valence-corrected chi connectivity index (χ0v) is 7.76. The molecule has 11 heavy (non-hydrogen) atoms. The standard InChI is InChI=1S/C6H8N3OSe/c1-7-2-4-3-8-6(11)9-5(4)10/h3,7H,2H2,1H3,(H,9,10,11). The predicted octanol–water partition coefficient (Wildman–Crippen LogP) is -1.92. The van der Waals surface area contributed by atoms with E-state index in [1.807, 2.05) is 0 Å². The number of nitrogens with one attached hydrogen (secondary N) is 2. The molecule has 1 aliphatic rings. The van der Waals surface area contributed by atoms with Gasteiger partial charge in [-0.05, 0) is 0 Å². The topological polar surface area (TPSA) is 55.2 Å². The van der Waals surface area contributed by atoms with E-state index in [0.29, 0.717) is 16.8 Å². The molecule has 0 saturated carbocycles. The Hall–Kier alpha value is -0.641. The molecule has 0 atom stereocenters. The van der Waals surface area contributed by atoms with Gasteiger partial charge in [0.25, 0.3) is 0 Å². The maximum absolute atomic E-state index is 11.1. The van der Waals surface area contributed by atoms with Crippen molar-refractivity contribution in [2.24, 2.45) is 0 Å². The number of rotatable bonds is 2. The van der Waals surface area contributed by atoms with Gasteiger partial charge in [-0.3, -0.25) is 0 Å². The van der Waals surface area contributed by atoms with Gasteiger partial charge in [0.05, 0.1) is 0 Å². The number of carbonyl (C=O) groups excluding carboxylic acids is 1. The van der Waals surface area contributed by atoms with E-state index >= 15 is 0 Å². The Labute approximate surface area is 72.8 Å². The summed E-state index contributed by atoms with van der Waals surface area (Å²) in [5, 5.41) is 9.34. The average molecular weight is 217 g/mol. The van der Waals surface area contributed by atoms with Crippen LogP contribution in [0.4, 0.5) is 0 Å². The fourth-order valence-corrected chi connectivity index (χ4v) is 1.03. The van der Waals surface area contributed by atoms with Crippen molar-refractivity contribution in [1.29, 1.82) is 0 Å². The van der Waals surface area contributed by atoms with E-state index in [9.17, 15) is 4.79 Å². The van der Waals surface area contributed by atoms with Gasteiger partial charge >= 0.3 is 72.3 Å². The SMILES string of the molecule is CNCC1=C[N]C(=[Se])NC1=O. The molecule has 0 unspecified atom stereocenters. The summed E-state index contributed by atoms with van der Waals surface area (Å²) in [6.45, 7) is 0.544. The number of hydrogen-bond acceptors (Lipinski definition) is 2. The molecule has 0 spiro atoms. The summed E-state index contributed by atoms with van der Waals surface area (Å²) >= 11 is 2.63. The van der Waals surface area contributed by atoms with E-state index in [1.54, 1.807) is 13.2 Å². The molecule has 0 aromatic rings. The summed E-state index contributed by atoms with van der Waals surface area (Å²) in [4.78, 5) is 11.1. The van der Waals surface area contributed by atoms with Crippen LogP contribution in [0.3, 0.4) is 0 Å². The van der Waals surface area contributed by atoms with Crippen molar-refractivity contribution in [1.82, 2.24) is 16.0 Å². The predicted molar refractivity (Wildman–Crippen MR) is 43.0 cm³/mol. The molecule has 5 heteroatoms. The van der Waals surface area contributed by atoms with Gasteiger partial charge < -0.3 is 0 Å². The van der Waals surface area contributed by atoms with Gasteiger partial charge in [0.1, 0.15) is 0 Å². The van der Waals surface area contributed by atoms with Crippen molar-refractivity contribution in [2.45, 2.75) is 0 Å². The first kappa shape index (κ1) is 8.46. The van der Waals surface area contributed by atoms with E-state index in [-0.39, 0.29) is 5.91 Å². The normalized spacial score (nSPS) is 17.0. The van der Waals surface area contributed by atoms with E-state index in [4.69, 9.17) is 0 Å². The van der Waals surface area contributed by atoms with Crippen LogP contribution in [0.2, 0.25) is 0 Å². The van der Waals surface area contributed by atoms with Crippen molar-refractivity contribution in [3.05, 3.63) is 11.8 Å². The molecule has 4 nitrogen and oxygen atoms in total. The Balaban J connectivity index is 2.64. The molecule has 1 radical (unpaired) electrons. The van der Waals surface area contributed by atoms with Crippen molar-refractivity contribution >= 4 is 26.1 Å². The first-order valence-corrected chi connectivity index (χ1v) is 3.99. The van der Waals surface area contributed by atoms with Crippen LogP contribution in [0.15, 0.2) is 11.8 Å². The summed E-state index contributed by atoms with van der Waals surface area (Å²) < 4.78 is 0.523. The third-order valence-electron chi connectivity index (χ3n) is 1.22. The molecule has 1 heterocycles. The summed E-state index contributed by atoms with van der Waals surface area (Å²) in [5.41, 5.74) is 0.645. The van der Waals surface area contributed by atoms with Crippen LogP contribution in [0.5, 0.6) is 0 Å². The molecular weight excluding hydrogens is 209 g/mol. The monoisotopic (exact) mass is 218 g/mol. The fraction of sp³-hybridized carbons (Fsp3) is 0.333. The van der Waals surface area contributed by atoms with Gasteiger partial charge in [-0.15, -0.1) is 0 Å². The third kappa shape index (κ3) is 2.15. The number of hydrogen-bond donors (Lipinski definition) is 2. The summed E-state index contributed by atoms with van der Waals surface area (Å²) in [6.07, 6.45) is 1.56. The van der Waals surface area contributed by atoms with E-state index in [2.05, 4.69) is 31.5 Å². The first-order chi connectivity index (χ1) is 5.24. The second-order valence-electron chi connectivity index (χ2n) is 2.07. The minimum atomic E-state index is -0.0944. The maximum atomic E-state index is 11.1. The van der Waals surface area contributed by atoms with Crippen molar-refractivity contribution in [3.63, 3.8) is 0 Å². The van der Waals surface area contributed by atoms with Gasteiger partial charge in [0.2, 0.25) is 0 Å². The summed E-state index contributed by atoms with van der Waals surface area (Å²) in [6, 6.07) is 0. The van der Waals surface area contributed by atoms with Crippen LogP contribution in [0, 0.1) is 0 Å². The summed E-state index contributed by atoms with van der Waals surface area (Å²) in [5.74, 6) is -0.0944. The quantitative estimate of drug-likeness (QED) is 0.530. The molecule has 1 amide bonds. The van der Waals surface area contributed by atoms with Crippen LogP contribution >= 0.6 is 0 Å². The molecule has 0 aliphatic carbocycles. The van der Waals surface area contributed by atoms with Crippen molar-refractivity contribution in [2.75, 3.05) is 13.6 Å². The molecule has 1 rings (SSSR count). The van der Waals surface area contributed by atoms with Crippen LogP contribution in [0.25, 0.3) is 0 Å². The fourth-order valence-electron chi connectivity index (χ4n) is 0.721. The Bertz CT molecular complexity index is 224. The third-order valence-corrected chi connectivity index (χ3v) is 1.65. The van der Waals surface area contributed by atoms with Gasteiger partial charge in [0, 0.05) is 0 Å². The van der Waals surface area contributed by atoms with E-state index in [1.165, 1.54) is 0 Å². The van der Waals surface area contributed by atoms with E-state index in [0.717, 1.165) is 0 Å². The van der Waals surface area contributed by atoms with Gasteiger partial charge in [-0.2, -0.15) is 0 Å². The number of nitrogens with zero attached hydrogens (tertiary/aromatic N) is 1. The minimum absolute atomic E-state index is 0.0944. The van der Waals surface area contributed by atoms with Crippen LogP contribution < -0.4 is 16.0 Å². The molecule has 2 N–H and O–H groups in total. The Kier molecular flexibility index (Phi) is 2.82. The second-order valence-corrected chi connectivity index (χ2v) is 2.88. The Morgan fingerprint density at radius 3 is 3.09 bits per heavy atom. The van der Waals surface area contributed by atoms with Crippen LogP contribution in [-0.2, 0) is 4.79 Å². The van der Waals surface area contributed by atoms with Crippen LogP contribution in [-0.4, -0.2) is 39.7 Å². The van der Waals surface area contributed by atoms with Crippen LogP contribution in [0.1, 0.15) is 0 Å². The Morgan fingerprint density at radius 1 is 1.82 bits per heavy atom. The number of likely N-dealkylation sites (N-methyl/N-ethyl adjacent to an activating group) is 1. The zero-order valence-electron chi connectivity index (χ0n) is 6.05.